The van der Waals surface area contributed by atoms with Crippen LogP contribution in [-0.2, 0) is 16.0 Å². The van der Waals surface area contributed by atoms with E-state index >= 15 is 0 Å². The van der Waals surface area contributed by atoms with Gasteiger partial charge < -0.3 is 9.47 Å². The molecular formula is C22H22N2O5. The number of imide groups is 2. The monoisotopic (exact) mass is 394 g/mol. The third-order valence-corrected chi connectivity index (χ3v) is 4.51. The maximum absolute atomic E-state index is 13.1. The molecule has 1 aliphatic heterocycles. The minimum atomic E-state index is -0.761. The lowest BCUT2D eigenvalue weighted by Crippen LogP contribution is -2.54. The average molecular weight is 394 g/mol. The highest BCUT2D eigenvalue weighted by atomic mass is 16.5. The van der Waals surface area contributed by atoms with Crippen LogP contribution in [0.4, 0.5) is 10.5 Å². The second-order valence-electron chi connectivity index (χ2n) is 6.28. The number of aryl methyl sites for hydroxylation is 1. The Morgan fingerprint density at radius 3 is 2.48 bits per heavy atom. The molecule has 1 saturated heterocycles. The lowest BCUT2D eigenvalue weighted by Gasteiger charge is -2.28. The average Bonchev–Trinajstić information content (AvgIpc) is 2.72. The molecule has 3 rings (SSSR count). The van der Waals surface area contributed by atoms with Crippen LogP contribution in [0, 0.1) is 0 Å². The van der Waals surface area contributed by atoms with Gasteiger partial charge in [-0.05, 0) is 48.7 Å². The molecule has 0 unspecified atom stereocenters. The maximum atomic E-state index is 13.1. The molecule has 2 aromatic rings. The van der Waals surface area contributed by atoms with Crippen molar-refractivity contribution in [3.63, 3.8) is 0 Å². The van der Waals surface area contributed by atoms with E-state index in [0.29, 0.717) is 35.8 Å². The van der Waals surface area contributed by atoms with Gasteiger partial charge in [-0.3, -0.25) is 14.9 Å². The molecule has 4 amide bonds. The van der Waals surface area contributed by atoms with E-state index in [-0.39, 0.29) is 5.57 Å². The first kappa shape index (κ1) is 20.1. The van der Waals surface area contributed by atoms with E-state index in [0.717, 1.165) is 10.5 Å². The molecule has 7 nitrogen and oxygen atoms in total. The number of para-hydroxylation sites is 1. The van der Waals surface area contributed by atoms with Crippen molar-refractivity contribution in [3.05, 3.63) is 59.2 Å². The zero-order chi connectivity index (χ0) is 21.0. The highest BCUT2D eigenvalue weighted by Gasteiger charge is 2.37. The predicted octanol–water partition coefficient (Wildman–Crippen LogP) is 3.32. The van der Waals surface area contributed by atoms with Gasteiger partial charge in [-0.2, -0.15) is 0 Å². The van der Waals surface area contributed by atoms with Gasteiger partial charge in [0.2, 0.25) is 0 Å². The standard InChI is InChI=1S/C22H22N2O5/c1-4-15-8-6-7-9-17(15)24-21(26)16(20(25)23-22(24)27)12-14-10-11-18(28-3)19(13-14)29-5-2/h6-13H,4-5H2,1-3H3,(H,23,25,27)/b16-12-. The largest absolute Gasteiger partial charge is 0.493 e. The number of urea groups is 1. The number of nitrogens with zero attached hydrogens (tertiary/aromatic N) is 1. The van der Waals surface area contributed by atoms with Crippen LogP contribution in [0.2, 0.25) is 0 Å². The molecule has 2 aromatic carbocycles. The molecule has 1 fully saturated rings. The van der Waals surface area contributed by atoms with Gasteiger partial charge in [0, 0.05) is 0 Å². The Morgan fingerprint density at radius 1 is 1.03 bits per heavy atom. The number of methoxy groups -OCH3 is 1. The molecule has 1 aliphatic rings. The molecule has 29 heavy (non-hydrogen) atoms. The zero-order valence-corrected chi connectivity index (χ0v) is 16.5. The van der Waals surface area contributed by atoms with E-state index in [4.69, 9.17) is 9.47 Å². The number of hydrogen-bond acceptors (Lipinski definition) is 5. The van der Waals surface area contributed by atoms with Crippen LogP contribution in [0.15, 0.2) is 48.0 Å². The van der Waals surface area contributed by atoms with E-state index < -0.39 is 17.8 Å². The Bertz CT molecular complexity index is 996. The molecule has 0 bridgehead atoms. The molecule has 1 heterocycles. The summed E-state index contributed by atoms with van der Waals surface area (Å²) in [5.74, 6) is -0.369. The fourth-order valence-corrected chi connectivity index (χ4v) is 3.12. The molecule has 1 N–H and O–H groups in total. The lowest BCUT2D eigenvalue weighted by atomic mass is 10.0. The number of ether oxygens (including phenoxy) is 2. The Morgan fingerprint density at radius 2 is 1.79 bits per heavy atom. The van der Waals surface area contributed by atoms with Gasteiger partial charge in [-0.15, -0.1) is 0 Å². The number of nitrogens with one attached hydrogen (secondary N) is 1. The number of carbonyl (C=O) groups excluding carboxylic acids is 3. The van der Waals surface area contributed by atoms with Crippen molar-refractivity contribution in [2.75, 3.05) is 18.6 Å². The fourth-order valence-electron chi connectivity index (χ4n) is 3.12. The van der Waals surface area contributed by atoms with E-state index in [2.05, 4.69) is 5.32 Å². The number of rotatable bonds is 6. The van der Waals surface area contributed by atoms with Gasteiger partial charge in [-0.25, -0.2) is 9.69 Å². The van der Waals surface area contributed by atoms with Crippen LogP contribution < -0.4 is 19.7 Å². The molecule has 150 valence electrons. The number of benzene rings is 2. The van der Waals surface area contributed by atoms with Crippen LogP contribution in [-0.4, -0.2) is 31.6 Å². The minimum Gasteiger partial charge on any atom is -0.493 e. The SMILES string of the molecule is CCOc1cc(/C=C2/C(=O)NC(=O)N(c3ccccc3CC)C2=O)ccc1OC. The summed E-state index contributed by atoms with van der Waals surface area (Å²) in [7, 11) is 1.53. The van der Waals surface area contributed by atoms with Gasteiger partial charge in [-0.1, -0.05) is 31.2 Å². The Balaban J connectivity index is 2.03. The maximum Gasteiger partial charge on any atom is 0.335 e. The molecule has 0 saturated carbocycles. The number of barbiturate groups is 1. The fraction of sp³-hybridized carbons (Fsp3) is 0.227. The van der Waals surface area contributed by atoms with Crippen LogP contribution in [0.25, 0.3) is 6.08 Å². The molecule has 0 spiro atoms. The summed E-state index contributed by atoms with van der Waals surface area (Å²) in [6.45, 7) is 4.21. The first-order chi connectivity index (χ1) is 14.0. The van der Waals surface area contributed by atoms with Gasteiger partial charge >= 0.3 is 6.03 Å². The molecular weight excluding hydrogens is 372 g/mol. The quantitative estimate of drug-likeness (QED) is 0.600. The molecule has 0 atom stereocenters. The molecule has 0 aliphatic carbocycles. The van der Waals surface area contributed by atoms with Gasteiger partial charge in [0.05, 0.1) is 19.4 Å². The van der Waals surface area contributed by atoms with Crippen molar-refractivity contribution in [3.8, 4) is 11.5 Å². The third kappa shape index (κ3) is 3.99. The van der Waals surface area contributed by atoms with E-state index in [1.165, 1.54) is 13.2 Å². The topological polar surface area (TPSA) is 84.9 Å². The van der Waals surface area contributed by atoms with Gasteiger partial charge in [0.1, 0.15) is 5.57 Å². The summed E-state index contributed by atoms with van der Waals surface area (Å²) < 4.78 is 10.8. The predicted molar refractivity (Wildman–Crippen MR) is 109 cm³/mol. The van der Waals surface area contributed by atoms with E-state index in [1.807, 2.05) is 26.0 Å². The van der Waals surface area contributed by atoms with E-state index in [1.54, 1.807) is 30.3 Å². The second-order valence-corrected chi connectivity index (χ2v) is 6.28. The van der Waals surface area contributed by atoms with Crippen LogP contribution in [0.3, 0.4) is 0 Å². The van der Waals surface area contributed by atoms with Crippen LogP contribution >= 0.6 is 0 Å². The van der Waals surface area contributed by atoms with Crippen LogP contribution in [0.1, 0.15) is 25.0 Å². The summed E-state index contributed by atoms with van der Waals surface area (Å²) in [6, 6.07) is 11.4. The molecule has 0 aromatic heterocycles. The van der Waals surface area contributed by atoms with Crippen molar-refractivity contribution in [2.45, 2.75) is 20.3 Å². The summed E-state index contributed by atoms with van der Waals surface area (Å²) in [4.78, 5) is 38.9. The lowest BCUT2D eigenvalue weighted by molar-refractivity contribution is -0.122. The normalized spacial score (nSPS) is 15.5. The summed E-state index contributed by atoms with van der Waals surface area (Å²) in [5, 5.41) is 2.25. The van der Waals surface area contributed by atoms with Crippen LogP contribution in [0.5, 0.6) is 11.5 Å². The number of hydrogen-bond donors (Lipinski definition) is 1. The summed E-state index contributed by atoms with van der Waals surface area (Å²) in [6.07, 6.45) is 2.07. The number of anilines is 1. The Labute approximate surface area is 168 Å². The first-order valence-corrected chi connectivity index (χ1v) is 9.30. The molecule has 0 radical (unpaired) electrons. The van der Waals surface area contributed by atoms with E-state index in [9.17, 15) is 14.4 Å². The Hall–Kier alpha value is -3.61. The van der Waals surface area contributed by atoms with Gasteiger partial charge in [0.25, 0.3) is 11.8 Å². The molecule has 7 heteroatoms. The number of amides is 4. The van der Waals surface area contributed by atoms with Crippen molar-refractivity contribution >= 4 is 29.6 Å². The Kier molecular flexibility index (Phi) is 5.97. The van der Waals surface area contributed by atoms with Crippen molar-refractivity contribution in [2.24, 2.45) is 0 Å². The summed E-state index contributed by atoms with van der Waals surface area (Å²) in [5.41, 5.74) is 1.72. The highest BCUT2D eigenvalue weighted by molar-refractivity contribution is 6.39. The van der Waals surface area contributed by atoms with Crippen molar-refractivity contribution in [1.29, 1.82) is 0 Å². The van der Waals surface area contributed by atoms with Crippen molar-refractivity contribution < 1.29 is 23.9 Å². The second kappa shape index (κ2) is 8.60. The van der Waals surface area contributed by atoms with Gasteiger partial charge in [0.15, 0.2) is 11.5 Å². The number of carbonyl (C=O) groups is 3. The summed E-state index contributed by atoms with van der Waals surface area (Å²) >= 11 is 0. The van der Waals surface area contributed by atoms with Crippen molar-refractivity contribution in [1.82, 2.24) is 5.32 Å². The minimum absolute atomic E-state index is 0.136. The third-order valence-electron chi connectivity index (χ3n) is 4.51. The smallest absolute Gasteiger partial charge is 0.335 e. The highest BCUT2D eigenvalue weighted by Crippen LogP contribution is 2.30. The zero-order valence-electron chi connectivity index (χ0n) is 16.5. The first-order valence-electron chi connectivity index (χ1n) is 9.30.